The van der Waals surface area contributed by atoms with Crippen LogP contribution in [0.1, 0.15) is 11.1 Å². The van der Waals surface area contributed by atoms with Crippen LogP contribution in [0, 0.1) is 0 Å². The molecule has 0 aromatic heterocycles. The van der Waals surface area contributed by atoms with Crippen molar-refractivity contribution in [3.8, 4) is 5.75 Å². The van der Waals surface area contributed by atoms with Crippen molar-refractivity contribution in [3.63, 3.8) is 0 Å². The van der Waals surface area contributed by atoms with Gasteiger partial charge in [-0.1, -0.05) is 12.2 Å². The first kappa shape index (κ1) is 15.2. The van der Waals surface area contributed by atoms with Crippen LogP contribution in [0.5, 0.6) is 5.75 Å². The van der Waals surface area contributed by atoms with Gasteiger partial charge in [0.15, 0.2) is 6.61 Å². The van der Waals surface area contributed by atoms with Crippen LogP contribution in [-0.2, 0) is 11.0 Å². The summed E-state index contributed by atoms with van der Waals surface area (Å²) in [6, 6.07) is 3.18. The minimum absolute atomic E-state index is 0.0784. The van der Waals surface area contributed by atoms with E-state index in [1.54, 1.807) is 0 Å². The van der Waals surface area contributed by atoms with Crippen LogP contribution in [-0.4, -0.2) is 24.6 Å². The molecule has 1 aromatic carbocycles. The van der Waals surface area contributed by atoms with E-state index in [1.807, 2.05) is 0 Å². The molecule has 0 unspecified atom stereocenters. The Morgan fingerprint density at radius 2 is 2.11 bits per heavy atom. The summed E-state index contributed by atoms with van der Waals surface area (Å²) in [7, 11) is 1.35. The van der Waals surface area contributed by atoms with Crippen LogP contribution >= 0.6 is 12.2 Å². The maximum Gasteiger partial charge on any atom is 0.419 e. The number of carbonyl (C=O) groups is 1. The Labute approximate surface area is 112 Å². The molecule has 0 fully saturated rings. The van der Waals surface area contributed by atoms with Crippen LogP contribution in [0.3, 0.4) is 0 Å². The summed E-state index contributed by atoms with van der Waals surface area (Å²) in [5.74, 6) is -0.984. The van der Waals surface area contributed by atoms with E-state index >= 15 is 0 Å². The molecule has 3 N–H and O–H groups in total. The summed E-state index contributed by atoms with van der Waals surface area (Å²) < 4.78 is 43.3. The van der Waals surface area contributed by atoms with Crippen molar-refractivity contribution in [3.05, 3.63) is 29.3 Å². The fourth-order valence-corrected chi connectivity index (χ4v) is 1.37. The molecular weight excluding hydrogens is 281 g/mol. The van der Waals surface area contributed by atoms with E-state index in [2.05, 4.69) is 17.5 Å². The van der Waals surface area contributed by atoms with E-state index in [0.717, 1.165) is 12.1 Å². The lowest BCUT2D eigenvalue weighted by Gasteiger charge is -2.14. The number of halogens is 3. The van der Waals surface area contributed by atoms with Gasteiger partial charge < -0.3 is 15.8 Å². The van der Waals surface area contributed by atoms with Crippen LogP contribution in [0.4, 0.5) is 13.2 Å². The highest BCUT2D eigenvalue weighted by molar-refractivity contribution is 7.80. The molecule has 104 valence electrons. The zero-order chi connectivity index (χ0) is 14.6. The summed E-state index contributed by atoms with van der Waals surface area (Å²) in [6.07, 6.45) is -4.63. The van der Waals surface area contributed by atoms with E-state index < -0.39 is 30.0 Å². The molecule has 0 saturated heterocycles. The molecule has 0 heterocycles. The van der Waals surface area contributed by atoms with Gasteiger partial charge in [0.2, 0.25) is 0 Å². The molecule has 4 nitrogen and oxygen atoms in total. The van der Waals surface area contributed by atoms with Crippen molar-refractivity contribution in [1.82, 2.24) is 5.32 Å². The van der Waals surface area contributed by atoms with Crippen molar-refractivity contribution in [2.45, 2.75) is 6.18 Å². The van der Waals surface area contributed by atoms with Crippen LogP contribution in [0.25, 0.3) is 0 Å². The Hall–Kier alpha value is -1.83. The Bertz CT molecular complexity index is 503. The van der Waals surface area contributed by atoms with Gasteiger partial charge >= 0.3 is 6.18 Å². The highest BCUT2D eigenvalue weighted by Crippen LogP contribution is 2.36. The first-order valence-electron chi connectivity index (χ1n) is 5.10. The summed E-state index contributed by atoms with van der Waals surface area (Å²) in [5.41, 5.74) is 4.33. The third-order valence-corrected chi connectivity index (χ3v) is 2.44. The molecule has 1 aromatic rings. The predicted octanol–water partition coefficient (Wildman–Crippen LogP) is 1.46. The first-order chi connectivity index (χ1) is 8.75. The van der Waals surface area contributed by atoms with Gasteiger partial charge in [-0.15, -0.1) is 0 Å². The van der Waals surface area contributed by atoms with Gasteiger partial charge in [0.1, 0.15) is 10.7 Å². The Balaban J connectivity index is 3.10. The maximum atomic E-state index is 12.8. The van der Waals surface area contributed by atoms with Gasteiger partial charge in [0.25, 0.3) is 5.91 Å². The van der Waals surface area contributed by atoms with Crippen molar-refractivity contribution in [1.29, 1.82) is 0 Å². The van der Waals surface area contributed by atoms with E-state index in [4.69, 9.17) is 10.5 Å². The lowest BCUT2D eigenvalue weighted by Crippen LogP contribution is -2.25. The fraction of sp³-hybridized carbons (Fsp3) is 0.273. The number of hydrogen-bond acceptors (Lipinski definition) is 3. The van der Waals surface area contributed by atoms with Crippen molar-refractivity contribution < 1.29 is 22.7 Å². The molecule has 0 aliphatic heterocycles. The summed E-state index contributed by atoms with van der Waals surface area (Å²) in [4.78, 5) is 10.8. The summed E-state index contributed by atoms with van der Waals surface area (Å²) >= 11 is 4.62. The minimum atomic E-state index is -4.63. The number of carbonyl (C=O) groups excluding carboxylic acids is 1. The Kier molecular flexibility index (Phi) is 4.71. The number of thiocarbonyl (C=S) groups is 1. The average molecular weight is 292 g/mol. The molecule has 0 bridgehead atoms. The highest BCUT2D eigenvalue weighted by Gasteiger charge is 2.35. The SMILES string of the molecule is CNC(=O)COc1ccc(C(N)=S)cc1C(F)(F)F. The minimum Gasteiger partial charge on any atom is -0.483 e. The normalized spacial score (nSPS) is 10.9. The van der Waals surface area contributed by atoms with Crippen molar-refractivity contribution in [2.24, 2.45) is 5.73 Å². The molecule has 0 aliphatic carbocycles. The molecule has 1 rings (SSSR count). The number of rotatable bonds is 4. The molecule has 0 atom stereocenters. The smallest absolute Gasteiger partial charge is 0.419 e. The van der Waals surface area contributed by atoms with Gasteiger partial charge in [-0.2, -0.15) is 13.2 Å². The highest BCUT2D eigenvalue weighted by atomic mass is 32.1. The zero-order valence-electron chi connectivity index (χ0n) is 9.88. The second kappa shape index (κ2) is 5.87. The Morgan fingerprint density at radius 1 is 1.47 bits per heavy atom. The van der Waals surface area contributed by atoms with E-state index in [0.29, 0.717) is 0 Å². The van der Waals surface area contributed by atoms with E-state index in [-0.39, 0.29) is 10.6 Å². The quantitative estimate of drug-likeness (QED) is 0.825. The van der Waals surface area contributed by atoms with E-state index in [1.165, 1.54) is 13.1 Å². The molecule has 19 heavy (non-hydrogen) atoms. The lowest BCUT2D eigenvalue weighted by atomic mass is 10.1. The largest absolute Gasteiger partial charge is 0.483 e. The number of benzene rings is 1. The number of likely N-dealkylation sites (N-methyl/N-ethyl adjacent to an activating group) is 1. The lowest BCUT2D eigenvalue weighted by molar-refractivity contribution is -0.139. The molecule has 0 saturated carbocycles. The van der Waals surface area contributed by atoms with Crippen LogP contribution < -0.4 is 15.8 Å². The number of nitrogens with one attached hydrogen (secondary N) is 1. The fourth-order valence-electron chi connectivity index (χ4n) is 1.25. The van der Waals surface area contributed by atoms with Crippen LogP contribution in [0.15, 0.2) is 18.2 Å². The summed E-state index contributed by atoms with van der Waals surface area (Å²) in [5, 5.41) is 2.24. The molecule has 1 amide bonds. The number of ether oxygens (including phenoxy) is 1. The molecule has 0 radical (unpaired) electrons. The topological polar surface area (TPSA) is 64.3 Å². The van der Waals surface area contributed by atoms with Crippen LogP contribution in [0.2, 0.25) is 0 Å². The molecule has 0 aliphatic rings. The second-order valence-corrected chi connectivity index (χ2v) is 3.97. The van der Waals surface area contributed by atoms with Gasteiger partial charge in [-0.3, -0.25) is 4.79 Å². The average Bonchev–Trinajstić information content (AvgIpc) is 2.34. The molecular formula is C11H11F3N2O2S. The zero-order valence-corrected chi connectivity index (χ0v) is 10.7. The molecule has 8 heteroatoms. The number of amides is 1. The maximum absolute atomic E-state index is 12.8. The predicted molar refractivity (Wildman–Crippen MR) is 66.9 cm³/mol. The van der Waals surface area contributed by atoms with Gasteiger partial charge in [-0.25, -0.2) is 0 Å². The Morgan fingerprint density at radius 3 is 2.58 bits per heavy atom. The number of alkyl halides is 3. The van der Waals surface area contributed by atoms with Crippen molar-refractivity contribution in [2.75, 3.05) is 13.7 Å². The second-order valence-electron chi connectivity index (χ2n) is 3.53. The number of hydrogen-bond donors (Lipinski definition) is 2. The number of nitrogens with two attached hydrogens (primary N) is 1. The molecule has 0 spiro atoms. The third-order valence-electron chi connectivity index (χ3n) is 2.21. The van der Waals surface area contributed by atoms with Gasteiger partial charge in [0, 0.05) is 12.6 Å². The third kappa shape index (κ3) is 4.09. The first-order valence-corrected chi connectivity index (χ1v) is 5.51. The van der Waals surface area contributed by atoms with Gasteiger partial charge in [0.05, 0.1) is 5.56 Å². The van der Waals surface area contributed by atoms with Gasteiger partial charge in [-0.05, 0) is 18.2 Å². The van der Waals surface area contributed by atoms with Crippen molar-refractivity contribution >= 4 is 23.1 Å². The van der Waals surface area contributed by atoms with E-state index in [9.17, 15) is 18.0 Å². The monoisotopic (exact) mass is 292 g/mol. The summed E-state index contributed by atoms with van der Waals surface area (Å²) in [6.45, 7) is -0.508. The standard InChI is InChI=1S/C11H11F3N2O2S/c1-16-9(17)5-18-8-3-2-6(10(15)19)4-7(8)11(12,13)14/h2-4H,5H2,1H3,(H2,15,19)(H,16,17).